The first-order chi connectivity index (χ1) is 17.4. The average Bonchev–Trinajstić information content (AvgIpc) is 2.88. The van der Waals surface area contributed by atoms with E-state index in [0.717, 1.165) is 27.6 Å². The normalized spacial score (nSPS) is 11.7. The van der Waals surface area contributed by atoms with Crippen LogP contribution in [-0.4, -0.2) is 35.1 Å². The van der Waals surface area contributed by atoms with Gasteiger partial charge >= 0.3 is 0 Å². The highest BCUT2D eigenvalue weighted by atomic mass is 79.9. The summed E-state index contributed by atoms with van der Waals surface area (Å²) in [7, 11) is 0. The Labute approximate surface area is 235 Å². The first-order valence-corrected chi connectivity index (χ1v) is 14.5. The highest BCUT2D eigenvalue weighted by Gasteiger charge is 2.30. The molecule has 3 aromatic carbocycles. The SMILES string of the molecule is CCCNC(=O)[C@@H](Cc1ccccc1)N(Cc1ccc(Br)cc1)C(=O)CSCc1c(Cl)cccc1Cl. The lowest BCUT2D eigenvalue weighted by molar-refractivity contribution is -0.139. The number of rotatable bonds is 12. The summed E-state index contributed by atoms with van der Waals surface area (Å²) in [4.78, 5) is 28.7. The highest BCUT2D eigenvalue weighted by molar-refractivity contribution is 9.10. The Kier molecular flexibility index (Phi) is 11.6. The second-order valence-corrected chi connectivity index (χ2v) is 11.1. The Morgan fingerprint density at radius 1 is 0.944 bits per heavy atom. The van der Waals surface area contributed by atoms with Crippen molar-refractivity contribution in [2.24, 2.45) is 0 Å². The fraction of sp³-hybridized carbons (Fsp3) is 0.286. The number of carbonyl (C=O) groups excluding carboxylic acids is 2. The van der Waals surface area contributed by atoms with Gasteiger partial charge in [0.05, 0.1) is 5.75 Å². The smallest absolute Gasteiger partial charge is 0.243 e. The molecule has 1 atom stereocenters. The molecule has 0 bridgehead atoms. The van der Waals surface area contributed by atoms with E-state index in [1.165, 1.54) is 11.8 Å². The molecule has 0 saturated heterocycles. The molecule has 0 spiro atoms. The lowest BCUT2D eigenvalue weighted by atomic mass is 10.0. The molecule has 4 nitrogen and oxygen atoms in total. The van der Waals surface area contributed by atoms with Gasteiger partial charge in [0, 0.05) is 39.8 Å². The van der Waals surface area contributed by atoms with Gasteiger partial charge in [-0.2, -0.15) is 0 Å². The van der Waals surface area contributed by atoms with Gasteiger partial charge < -0.3 is 10.2 Å². The predicted octanol–water partition coefficient (Wildman–Crippen LogP) is 7.16. The topological polar surface area (TPSA) is 49.4 Å². The van der Waals surface area contributed by atoms with Crippen LogP contribution in [0.1, 0.15) is 30.0 Å². The molecule has 3 aromatic rings. The van der Waals surface area contributed by atoms with Crippen LogP contribution in [0.2, 0.25) is 10.0 Å². The largest absolute Gasteiger partial charge is 0.354 e. The molecule has 0 aliphatic carbocycles. The number of hydrogen-bond acceptors (Lipinski definition) is 3. The molecule has 3 rings (SSSR count). The van der Waals surface area contributed by atoms with Gasteiger partial charge in [-0.05, 0) is 47.4 Å². The quantitative estimate of drug-likeness (QED) is 0.238. The van der Waals surface area contributed by atoms with E-state index in [4.69, 9.17) is 23.2 Å². The van der Waals surface area contributed by atoms with Gasteiger partial charge in [-0.3, -0.25) is 9.59 Å². The molecule has 0 heterocycles. The van der Waals surface area contributed by atoms with Crippen molar-refractivity contribution in [3.63, 3.8) is 0 Å². The van der Waals surface area contributed by atoms with Crippen LogP contribution >= 0.6 is 50.9 Å². The van der Waals surface area contributed by atoms with Crippen LogP contribution in [-0.2, 0) is 28.3 Å². The van der Waals surface area contributed by atoms with E-state index in [0.29, 0.717) is 35.3 Å². The minimum Gasteiger partial charge on any atom is -0.354 e. The van der Waals surface area contributed by atoms with Gasteiger partial charge in [0.15, 0.2) is 0 Å². The minimum absolute atomic E-state index is 0.112. The molecular weight excluding hydrogens is 579 g/mol. The number of benzene rings is 3. The highest BCUT2D eigenvalue weighted by Crippen LogP contribution is 2.28. The van der Waals surface area contributed by atoms with E-state index in [1.54, 1.807) is 23.1 Å². The summed E-state index contributed by atoms with van der Waals surface area (Å²) in [6.07, 6.45) is 1.25. The molecule has 0 aromatic heterocycles. The second kappa shape index (κ2) is 14.7. The Morgan fingerprint density at radius 2 is 1.61 bits per heavy atom. The van der Waals surface area contributed by atoms with Crippen molar-refractivity contribution >= 4 is 62.7 Å². The van der Waals surface area contributed by atoms with E-state index in [-0.39, 0.29) is 17.6 Å². The van der Waals surface area contributed by atoms with Gasteiger partial charge in [-0.25, -0.2) is 0 Å². The summed E-state index contributed by atoms with van der Waals surface area (Å²) >= 11 is 17.5. The zero-order valence-corrected chi connectivity index (χ0v) is 24.0. The molecule has 0 aliphatic rings. The van der Waals surface area contributed by atoms with Crippen LogP contribution < -0.4 is 5.32 Å². The monoisotopic (exact) mass is 606 g/mol. The fourth-order valence-electron chi connectivity index (χ4n) is 3.70. The van der Waals surface area contributed by atoms with Crippen molar-refractivity contribution in [1.29, 1.82) is 0 Å². The van der Waals surface area contributed by atoms with Crippen molar-refractivity contribution < 1.29 is 9.59 Å². The maximum Gasteiger partial charge on any atom is 0.243 e. The first-order valence-electron chi connectivity index (χ1n) is 11.7. The van der Waals surface area contributed by atoms with Gasteiger partial charge in [0.1, 0.15) is 6.04 Å². The zero-order valence-electron chi connectivity index (χ0n) is 20.1. The van der Waals surface area contributed by atoms with E-state index in [1.807, 2.05) is 61.5 Å². The Balaban J connectivity index is 1.84. The molecular formula is C28H29BrCl2N2O2S. The van der Waals surface area contributed by atoms with Crippen LogP contribution in [0.3, 0.4) is 0 Å². The Bertz CT molecular complexity index is 1130. The molecule has 36 heavy (non-hydrogen) atoms. The molecule has 0 aliphatic heterocycles. The predicted molar refractivity (Wildman–Crippen MR) is 155 cm³/mol. The van der Waals surface area contributed by atoms with E-state index >= 15 is 0 Å². The summed E-state index contributed by atoms with van der Waals surface area (Å²) in [5, 5.41) is 4.16. The van der Waals surface area contributed by atoms with Gasteiger partial charge in [-0.1, -0.05) is 94.6 Å². The average molecular weight is 608 g/mol. The maximum atomic E-state index is 13.6. The summed E-state index contributed by atoms with van der Waals surface area (Å²) in [5.74, 6) is 0.440. The van der Waals surface area contributed by atoms with Crippen molar-refractivity contribution in [2.75, 3.05) is 12.3 Å². The molecule has 1 N–H and O–H groups in total. The number of thioether (sulfide) groups is 1. The van der Waals surface area contributed by atoms with Crippen LogP contribution in [0, 0.1) is 0 Å². The number of nitrogens with zero attached hydrogens (tertiary/aromatic N) is 1. The molecule has 8 heteroatoms. The lowest BCUT2D eigenvalue weighted by Crippen LogP contribution is -2.51. The molecule has 2 amide bonds. The zero-order chi connectivity index (χ0) is 25.9. The number of hydrogen-bond donors (Lipinski definition) is 1. The van der Waals surface area contributed by atoms with Crippen molar-refractivity contribution in [3.05, 3.63) is 104 Å². The Hall–Kier alpha value is -1.99. The second-order valence-electron chi connectivity index (χ2n) is 8.34. The van der Waals surface area contributed by atoms with Crippen LogP contribution in [0.4, 0.5) is 0 Å². The van der Waals surface area contributed by atoms with Crippen molar-refractivity contribution in [2.45, 2.75) is 38.1 Å². The van der Waals surface area contributed by atoms with Crippen LogP contribution in [0.15, 0.2) is 77.3 Å². The summed E-state index contributed by atoms with van der Waals surface area (Å²) in [6, 6.07) is 22.3. The number of halogens is 3. The third-order valence-corrected chi connectivity index (χ3v) is 7.80. The molecule has 190 valence electrons. The minimum atomic E-state index is -0.639. The summed E-state index contributed by atoms with van der Waals surface area (Å²) in [5.41, 5.74) is 2.75. The van der Waals surface area contributed by atoms with E-state index in [9.17, 15) is 9.59 Å². The third kappa shape index (κ3) is 8.55. The molecule has 0 unspecified atom stereocenters. The van der Waals surface area contributed by atoms with Gasteiger partial charge in [-0.15, -0.1) is 11.8 Å². The van der Waals surface area contributed by atoms with Gasteiger partial charge in [0.2, 0.25) is 11.8 Å². The van der Waals surface area contributed by atoms with Crippen LogP contribution in [0.5, 0.6) is 0 Å². The van der Waals surface area contributed by atoms with E-state index < -0.39 is 6.04 Å². The maximum absolute atomic E-state index is 13.6. The number of carbonyl (C=O) groups is 2. The lowest BCUT2D eigenvalue weighted by Gasteiger charge is -2.31. The molecule has 0 radical (unpaired) electrons. The Morgan fingerprint density at radius 3 is 2.25 bits per heavy atom. The van der Waals surface area contributed by atoms with Crippen molar-refractivity contribution in [3.8, 4) is 0 Å². The van der Waals surface area contributed by atoms with Gasteiger partial charge in [0.25, 0.3) is 0 Å². The summed E-state index contributed by atoms with van der Waals surface area (Å²) in [6.45, 7) is 2.90. The molecule has 0 saturated carbocycles. The molecule has 0 fully saturated rings. The fourth-order valence-corrected chi connectivity index (χ4v) is 5.61. The third-order valence-electron chi connectivity index (χ3n) is 5.62. The van der Waals surface area contributed by atoms with E-state index in [2.05, 4.69) is 21.2 Å². The number of nitrogens with one attached hydrogen (secondary N) is 1. The number of amides is 2. The van der Waals surface area contributed by atoms with Crippen molar-refractivity contribution in [1.82, 2.24) is 10.2 Å². The standard InChI is InChI=1S/C28H29BrCl2N2O2S/c1-2-15-32-28(35)26(16-20-7-4-3-5-8-20)33(17-21-11-13-22(29)14-12-21)27(34)19-36-18-23-24(30)9-6-10-25(23)31/h3-14,26H,2,15-19H2,1H3,(H,32,35)/t26-/m1/s1. The first kappa shape index (κ1) is 28.6. The summed E-state index contributed by atoms with van der Waals surface area (Å²) < 4.78 is 0.956. The van der Waals surface area contributed by atoms with Crippen LogP contribution in [0.25, 0.3) is 0 Å².